The maximum Gasteiger partial charge on any atom is 1.00 e. The van der Waals surface area contributed by atoms with E-state index in [-0.39, 0.29) is 44.8 Å². The van der Waals surface area contributed by atoms with Gasteiger partial charge in [0, 0.05) is 0 Å². The molecule has 4 heteroatoms. The van der Waals surface area contributed by atoms with E-state index in [0.717, 1.165) is 54.2 Å². The second kappa shape index (κ2) is 23.2. The van der Waals surface area contributed by atoms with E-state index in [9.17, 15) is 0 Å². The van der Waals surface area contributed by atoms with Gasteiger partial charge in [-0.25, -0.2) is 0 Å². The van der Waals surface area contributed by atoms with Crippen LogP contribution in [0.15, 0.2) is 231 Å². The smallest absolute Gasteiger partial charge is 0.366 e. The summed E-state index contributed by atoms with van der Waals surface area (Å²) in [6.07, 6.45) is 17.4. The maximum atomic E-state index is 7.46. The van der Waals surface area contributed by atoms with Gasteiger partial charge in [0.2, 0.25) is 0 Å². The van der Waals surface area contributed by atoms with Gasteiger partial charge in [0.25, 0.3) is 0 Å². The predicted octanol–water partition coefficient (Wildman–Crippen LogP) is 12.6. The van der Waals surface area contributed by atoms with Crippen LogP contribution in [0.4, 0.5) is 0 Å². The van der Waals surface area contributed by atoms with Gasteiger partial charge in [-0.3, -0.25) is 11.8 Å². The first-order valence-corrected chi connectivity index (χ1v) is 23.7. The fourth-order valence-electron chi connectivity index (χ4n) is 8.01. The molecule has 0 unspecified atom stereocenters. The predicted molar refractivity (Wildman–Crippen MR) is 266 cm³/mol. The molecular weight excluding hydrogens is 1060 g/mol. The second-order valence-corrected chi connectivity index (χ2v) is 19.8. The molecule has 0 aliphatic carbocycles. The van der Waals surface area contributed by atoms with Crippen LogP contribution in [0.1, 0.15) is 11.1 Å². The van der Waals surface area contributed by atoms with Crippen molar-refractivity contribution in [1.29, 1.82) is 0 Å². The number of benzene rings is 10. The Kier molecular flexibility index (Phi) is 17.3. The Balaban J connectivity index is 0.000000162. The van der Waals surface area contributed by atoms with Crippen molar-refractivity contribution in [1.82, 2.24) is 0 Å². The van der Waals surface area contributed by atoms with Crippen LogP contribution >= 0.6 is 15.8 Å². The van der Waals surface area contributed by atoms with Crippen LogP contribution in [0.3, 0.4) is 0 Å². The van der Waals surface area contributed by atoms with Gasteiger partial charge in [-0.15, -0.1) is 11.1 Å². The van der Waals surface area contributed by atoms with Gasteiger partial charge in [-0.05, 0) is 82.2 Å². The molecule has 0 bridgehead atoms. The van der Waals surface area contributed by atoms with Crippen molar-refractivity contribution < 1.29 is 44.8 Å². The molecule has 0 radical (unpaired) electrons. The van der Waals surface area contributed by atoms with E-state index in [4.69, 9.17) is 12.8 Å². The van der Waals surface area contributed by atoms with Gasteiger partial charge in [0.05, 0.1) is 37.1 Å². The number of hydrogen-bond acceptors (Lipinski definition) is 0. The van der Waals surface area contributed by atoms with Crippen molar-refractivity contribution in [2.24, 2.45) is 0 Å². The molecule has 0 saturated carbocycles. The van der Waals surface area contributed by atoms with Crippen LogP contribution in [0.5, 0.6) is 0 Å². The van der Waals surface area contributed by atoms with E-state index in [1.54, 1.807) is 0 Å². The Morgan fingerprint density at radius 2 is 0.516 bits per heavy atom. The van der Waals surface area contributed by atoms with Crippen LogP contribution in [0, 0.1) is 24.7 Å². The Morgan fingerprint density at radius 3 is 0.742 bits per heavy atom. The number of hydrogen-bond donors (Lipinski definition) is 0. The Hall–Kier alpha value is -5.30. The third-order valence-electron chi connectivity index (χ3n) is 10.9. The average Bonchev–Trinajstić information content (AvgIpc) is 3.33. The molecule has 62 heavy (non-hydrogen) atoms. The molecule has 10 rings (SSSR count). The average molecular weight is 1110 g/mol. The zero-order chi connectivity index (χ0) is 40.9. The summed E-state index contributed by atoms with van der Waals surface area (Å²) in [6.45, 7) is 0. The zero-order valence-corrected chi connectivity index (χ0v) is 39.6. The SMILES string of the molecule is [Ag+].[Au+].[C-]#Cc1c2ccccc2cc2ccccc12.[C-]#Cc1c2ccccc2cc2ccccc12.c1ccc([PH+](CC[PH+](c2ccccc2)c2ccccc2)c2ccccc2)cc1. The van der Waals surface area contributed by atoms with Crippen molar-refractivity contribution >= 4 is 80.2 Å². The molecular formula is C58H44AgAuP2+2. The molecule has 0 N–H and O–H groups in total. The number of rotatable bonds is 7. The summed E-state index contributed by atoms with van der Waals surface area (Å²) in [7, 11) is -1.57. The van der Waals surface area contributed by atoms with E-state index in [2.05, 4.69) is 170 Å². The molecule has 10 aromatic rings. The maximum absolute atomic E-state index is 7.46. The first-order chi connectivity index (χ1) is 29.7. The van der Waals surface area contributed by atoms with Crippen molar-refractivity contribution in [2.45, 2.75) is 0 Å². The Morgan fingerprint density at radius 1 is 0.306 bits per heavy atom. The van der Waals surface area contributed by atoms with Crippen LogP contribution in [0.25, 0.3) is 43.1 Å². The summed E-state index contributed by atoms with van der Waals surface area (Å²) < 4.78 is 0. The van der Waals surface area contributed by atoms with E-state index in [0.29, 0.717) is 0 Å². The van der Waals surface area contributed by atoms with Gasteiger partial charge < -0.3 is 12.8 Å². The summed E-state index contributed by atoms with van der Waals surface area (Å²) in [6, 6.07) is 81.3. The molecule has 0 aliphatic heterocycles. The van der Waals surface area contributed by atoms with Crippen LogP contribution in [-0.2, 0) is 44.8 Å². The minimum atomic E-state index is -0.783. The topological polar surface area (TPSA) is 0 Å². The fraction of sp³-hybridized carbons (Fsp3) is 0.0345. The molecule has 0 aromatic heterocycles. The first-order valence-electron chi connectivity index (χ1n) is 20.3. The normalized spacial score (nSPS) is 10.4. The molecule has 0 saturated heterocycles. The van der Waals surface area contributed by atoms with Gasteiger partial charge in [-0.1, -0.05) is 191 Å². The largest absolute Gasteiger partial charge is 1.00 e. The molecule has 0 aliphatic rings. The van der Waals surface area contributed by atoms with Crippen molar-refractivity contribution in [3.05, 3.63) is 254 Å². The first kappa shape index (κ1) is 46.2. The molecule has 10 aromatic carbocycles. The van der Waals surface area contributed by atoms with Crippen molar-refractivity contribution in [2.75, 3.05) is 12.3 Å². The second-order valence-electron chi connectivity index (χ2n) is 14.6. The van der Waals surface area contributed by atoms with Gasteiger partial charge in [-0.2, -0.15) is 0 Å². The summed E-state index contributed by atoms with van der Waals surface area (Å²) in [5, 5.41) is 15.1. The van der Waals surface area contributed by atoms with E-state index in [1.807, 2.05) is 72.8 Å². The molecule has 0 fully saturated rings. The standard InChI is InChI=1S/C26H24P2.2C16H9.Ag.Au/c1-5-13-23(14-6-1)27(24-15-7-2-8-16-24)21-22-28(25-17-9-3-10-18-25)26-19-11-4-12-20-26;2*1-2-14-15-9-5-3-7-12(15)11-13-8-4-6-10-16(13)14;;/h1-20H,21-22H2;2*3-11H;;/q;2*-1;2*+1/p+2. The molecule has 0 heterocycles. The third-order valence-corrected chi connectivity index (χ3v) is 17.0. The monoisotopic (exact) mass is 1110 g/mol. The summed E-state index contributed by atoms with van der Waals surface area (Å²) >= 11 is 0. The number of fused-ring (bicyclic) bond motifs is 4. The zero-order valence-electron chi connectivity index (χ0n) is 34.0. The van der Waals surface area contributed by atoms with Crippen molar-refractivity contribution in [3.8, 4) is 11.8 Å². The van der Waals surface area contributed by atoms with E-state index in [1.165, 1.54) is 33.5 Å². The van der Waals surface area contributed by atoms with Crippen LogP contribution < -0.4 is 21.2 Å². The molecule has 306 valence electrons. The molecule has 0 nitrogen and oxygen atoms in total. The molecule has 0 atom stereocenters. The van der Waals surface area contributed by atoms with Gasteiger partial charge in [0.1, 0.15) is 12.3 Å². The molecule has 0 amide bonds. The molecule has 0 spiro atoms. The quantitative estimate of drug-likeness (QED) is 0.0491. The minimum Gasteiger partial charge on any atom is -0.366 e. The van der Waals surface area contributed by atoms with Gasteiger partial charge in [0.15, 0.2) is 0 Å². The third kappa shape index (κ3) is 11.0. The van der Waals surface area contributed by atoms with Crippen LogP contribution in [0.2, 0.25) is 0 Å². The summed E-state index contributed by atoms with van der Waals surface area (Å²) in [4.78, 5) is 0. The van der Waals surface area contributed by atoms with Crippen LogP contribution in [-0.4, -0.2) is 12.3 Å². The van der Waals surface area contributed by atoms with E-state index >= 15 is 0 Å². The van der Waals surface area contributed by atoms with E-state index < -0.39 is 15.8 Å². The van der Waals surface area contributed by atoms with Crippen molar-refractivity contribution in [3.63, 3.8) is 0 Å². The van der Waals surface area contributed by atoms with Gasteiger partial charge >= 0.3 is 44.8 Å². The Labute approximate surface area is 400 Å². The minimum absolute atomic E-state index is 0. The Bertz CT molecular complexity index is 2670. The fourth-order valence-corrected chi connectivity index (χ4v) is 14.2. The summed E-state index contributed by atoms with van der Waals surface area (Å²) in [5.41, 5.74) is 1.77. The summed E-state index contributed by atoms with van der Waals surface area (Å²) in [5.74, 6) is 5.13.